The molecule has 0 unspecified atom stereocenters. The van der Waals surface area contributed by atoms with E-state index in [1.165, 1.54) is 16.3 Å². The molecule has 2 aliphatic heterocycles. The Balaban J connectivity index is 1.61. The van der Waals surface area contributed by atoms with Gasteiger partial charge in [-0.05, 0) is 17.7 Å². The number of hydrazine groups is 1. The van der Waals surface area contributed by atoms with Crippen LogP contribution < -0.4 is 5.53 Å². The van der Waals surface area contributed by atoms with Crippen LogP contribution in [0.1, 0.15) is 5.01 Å². The van der Waals surface area contributed by atoms with Crippen LogP contribution in [-0.4, -0.2) is 51.3 Å². The fraction of sp³-hybridized carbons (Fsp3) is 0.231. The highest BCUT2D eigenvalue weighted by Crippen LogP contribution is 2.28. The zero-order chi connectivity index (χ0) is 15.8. The van der Waals surface area contributed by atoms with E-state index in [0.717, 1.165) is 15.6 Å². The van der Waals surface area contributed by atoms with Crippen LogP contribution in [0, 0.1) is 0 Å². The van der Waals surface area contributed by atoms with Crippen LogP contribution in [0.3, 0.4) is 0 Å². The van der Waals surface area contributed by atoms with Gasteiger partial charge in [0.1, 0.15) is 17.4 Å². The summed E-state index contributed by atoms with van der Waals surface area (Å²) < 4.78 is 0. The third-order valence-corrected chi connectivity index (χ3v) is 5.57. The molecule has 2 aliphatic rings. The minimum absolute atomic E-state index is 0.141. The van der Waals surface area contributed by atoms with Crippen molar-refractivity contribution in [3.05, 3.63) is 27.9 Å². The molecule has 0 saturated carbocycles. The number of amidine groups is 1. The lowest BCUT2D eigenvalue weighted by Crippen LogP contribution is -2.55. The molecule has 1 N–H and O–H groups in total. The maximum atomic E-state index is 12.4. The first-order valence-corrected chi connectivity index (χ1v) is 9.89. The number of hydrazone groups is 1. The fourth-order valence-electron chi connectivity index (χ4n) is 2.26. The number of carbonyl (C=O) groups excluding carboxylic acids is 1. The predicted octanol–water partition coefficient (Wildman–Crippen LogP) is 2.51. The molecule has 7 nitrogen and oxygen atoms in total. The average molecular weight is 364 g/mol. The number of hydrogen-bond acceptors (Lipinski definition) is 8. The largest absolute Gasteiger partial charge is 0.348 e. The lowest BCUT2D eigenvalue weighted by atomic mass is 10.3. The van der Waals surface area contributed by atoms with Crippen LogP contribution in [0.2, 0.25) is 0 Å². The summed E-state index contributed by atoms with van der Waals surface area (Å²) in [5, 5.41) is 10.6. The number of urea groups is 1. The van der Waals surface area contributed by atoms with Gasteiger partial charge in [-0.25, -0.2) is 20.3 Å². The molecule has 0 fully saturated rings. The second kappa shape index (κ2) is 5.95. The number of amides is 2. The van der Waals surface area contributed by atoms with Gasteiger partial charge in [0.2, 0.25) is 0 Å². The van der Waals surface area contributed by atoms with Crippen LogP contribution in [0.25, 0.3) is 10.6 Å². The molecule has 0 atom stereocenters. The van der Waals surface area contributed by atoms with Gasteiger partial charge in [-0.15, -0.1) is 39.5 Å². The van der Waals surface area contributed by atoms with Gasteiger partial charge in [-0.1, -0.05) is 6.07 Å². The molecule has 2 aromatic heterocycles. The summed E-state index contributed by atoms with van der Waals surface area (Å²) in [5.41, 5.74) is 4.38. The lowest BCUT2D eigenvalue weighted by molar-refractivity contribution is 0.155. The number of rotatable bonds is 4. The highest BCUT2D eigenvalue weighted by molar-refractivity contribution is 7.98. The second-order valence-corrected chi connectivity index (χ2v) is 7.40. The Morgan fingerprint density at radius 1 is 1.43 bits per heavy atom. The van der Waals surface area contributed by atoms with Crippen LogP contribution in [0.4, 0.5) is 4.79 Å². The number of thiazole rings is 1. The summed E-state index contributed by atoms with van der Waals surface area (Å²) in [6, 6.07) is 3.90. The van der Waals surface area contributed by atoms with Crippen molar-refractivity contribution in [2.24, 2.45) is 10.1 Å². The quantitative estimate of drug-likeness (QED) is 0.905. The molecule has 0 saturated heterocycles. The Morgan fingerprint density at radius 2 is 2.35 bits per heavy atom. The number of thioether (sulfide) groups is 1. The van der Waals surface area contributed by atoms with Gasteiger partial charge in [0.15, 0.2) is 5.84 Å². The van der Waals surface area contributed by atoms with Crippen molar-refractivity contribution in [1.29, 1.82) is 0 Å². The maximum Gasteiger partial charge on any atom is 0.348 e. The molecule has 10 heteroatoms. The van der Waals surface area contributed by atoms with Crippen molar-refractivity contribution < 1.29 is 4.79 Å². The fourth-order valence-corrected chi connectivity index (χ4v) is 4.27. The molecule has 0 spiro atoms. The van der Waals surface area contributed by atoms with E-state index in [2.05, 4.69) is 20.6 Å². The molecule has 4 heterocycles. The van der Waals surface area contributed by atoms with Gasteiger partial charge in [0.05, 0.1) is 16.4 Å². The standard InChI is InChI=1S/C13H12N6OS3/c1-21-7-19-13(20)18-6-14-10(11(18)16-17-19)12-15-8(5-23-12)9-3-2-4-22-9/h2-5,17H,6-7H2,1H3. The topological polar surface area (TPSA) is 73.2 Å². The van der Waals surface area contributed by atoms with Crippen LogP contribution in [0.5, 0.6) is 0 Å². The van der Waals surface area contributed by atoms with Gasteiger partial charge < -0.3 is 0 Å². The molecule has 4 rings (SSSR count). The predicted molar refractivity (Wildman–Crippen MR) is 94.9 cm³/mol. The number of aromatic nitrogens is 1. The Hall–Kier alpha value is -1.91. The molecule has 0 aromatic carbocycles. The first-order valence-electron chi connectivity index (χ1n) is 6.74. The van der Waals surface area contributed by atoms with Crippen molar-refractivity contribution in [3.8, 4) is 10.6 Å². The van der Waals surface area contributed by atoms with Crippen LogP contribution >= 0.6 is 34.4 Å². The van der Waals surface area contributed by atoms with Gasteiger partial charge in [-0.2, -0.15) is 0 Å². The van der Waals surface area contributed by atoms with Crippen LogP contribution in [0.15, 0.2) is 33.0 Å². The Labute approximate surface area is 144 Å². The van der Waals surface area contributed by atoms with Crippen molar-refractivity contribution in [2.75, 3.05) is 18.8 Å². The molecule has 2 amide bonds. The van der Waals surface area contributed by atoms with Gasteiger partial charge >= 0.3 is 6.03 Å². The minimum atomic E-state index is -0.141. The number of nitrogens with one attached hydrogen (secondary N) is 1. The number of hydrogen-bond donors (Lipinski definition) is 1. The molecular weight excluding hydrogens is 352 g/mol. The zero-order valence-electron chi connectivity index (χ0n) is 12.1. The summed E-state index contributed by atoms with van der Waals surface area (Å²) in [6.07, 6.45) is 1.93. The molecule has 0 radical (unpaired) electrons. The summed E-state index contributed by atoms with van der Waals surface area (Å²) >= 11 is 4.71. The van der Waals surface area contributed by atoms with Gasteiger partial charge in [0, 0.05) is 5.38 Å². The van der Waals surface area contributed by atoms with E-state index >= 15 is 0 Å². The highest BCUT2D eigenvalue weighted by atomic mass is 32.2. The third-order valence-electron chi connectivity index (χ3n) is 3.31. The smallest absolute Gasteiger partial charge is 0.256 e. The molecule has 0 aliphatic carbocycles. The Morgan fingerprint density at radius 3 is 3.13 bits per heavy atom. The van der Waals surface area contributed by atoms with Crippen molar-refractivity contribution in [2.45, 2.75) is 0 Å². The normalized spacial score (nSPS) is 17.0. The third kappa shape index (κ3) is 2.52. The molecular formula is C13H12N6OS3. The Kier molecular flexibility index (Phi) is 3.79. The molecule has 23 heavy (non-hydrogen) atoms. The van der Waals surface area contributed by atoms with Crippen molar-refractivity contribution in [3.63, 3.8) is 0 Å². The van der Waals surface area contributed by atoms with Gasteiger partial charge in [0.25, 0.3) is 0 Å². The van der Waals surface area contributed by atoms with Crippen molar-refractivity contribution >= 4 is 52.0 Å². The monoisotopic (exact) mass is 364 g/mol. The Bertz CT molecular complexity index is 797. The first-order chi connectivity index (χ1) is 11.3. The molecule has 0 bridgehead atoms. The van der Waals surface area contributed by atoms with E-state index in [0.29, 0.717) is 17.4 Å². The summed E-state index contributed by atoms with van der Waals surface area (Å²) in [6.45, 7) is 0.285. The van der Waals surface area contributed by atoms with Crippen molar-refractivity contribution in [1.82, 2.24) is 20.4 Å². The molecule has 2 aromatic rings. The maximum absolute atomic E-state index is 12.4. The minimum Gasteiger partial charge on any atom is -0.256 e. The SMILES string of the molecule is CSCN1NN=C2C(c3nc(-c4cccs4)cs3)=NCN2C1=O. The number of nitrogens with zero attached hydrogens (tertiary/aromatic N) is 5. The lowest BCUT2D eigenvalue weighted by Gasteiger charge is -2.30. The number of aliphatic imine (C=N–C) groups is 1. The van der Waals surface area contributed by atoms with E-state index in [4.69, 9.17) is 0 Å². The van der Waals surface area contributed by atoms with E-state index in [-0.39, 0.29) is 12.7 Å². The van der Waals surface area contributed by atoms with E-state index < -0.39 is 0 Å². The van der Waals surface area contributed by atoms with E-state index in [9.17, 15) is 4.79 Å². The van der Waals surface area contributed by atoms with Gasteiger partial charge in [-0.3, -0.25) is 9.89 Å². The highest BCUT2D eigenvalue weighted by Gasteiger charge is 2.37. The van der Waals surface area contributed by atoms with Crippen LogP contribution in [-0.2, 0) is 0 Å². The number of carbonyl (C=O) groups is 1. The average Bonchev–Trinajstić information content (AvgIpc) is 3.29. The zero-order valence-corrected chi connectivity index (χ0v) is 14.5. The number of thiophene rings is 1. The summed E-state index contributed by atoms with van der Waals surface area (Å²) in [5.74, 6) is 1.07. The van der Waals surface area contributed by atoms with E-state index in [1.54, 1.807) is 28.0 Å². The number of fused-ring (bicyclic) bond motifs is 1. The summed E-state index contributed by atoms with van der Waals surface area (Å²) in [4.78, 5) is 24.2. The first kappa shape index (κ1) is 14.7. The second-order valence-electron chi connectivity index (χ2n) is 4.76. The van der Waals surface area contributed by atoms with E-state index in [1.807, 2.05) is 29.1 Å². The molecule has 118 valence electrons. The summed E-state index contributed by atoms with van der Waals surface area (Å²) in [7, 11) is 0.